The molecule has 1 atom stereocenters. The maximum atomic E-state index is 12.5. The first kappa shape index (κ1) is 23.3. The van der Waals surface area contributed by atoms with Crippen LogP contribution in [-0.2, 0) is 4.79 Å². The van der Waals surface area contributed by atoms with Crippen molar-refractivity contribution in [2.75, 3.05) is 19.8 Å². The number of benzene rings is 2. The van der Waals surface area contributed by atoms with Gasteiger partial charge in [0.2, 0.25) is 5.91 Å². The molecule has 2 N–H and O–H groups in total. The van der Waals surface area contributed by atoms with E-state index >= 15 is 0 Å². The average molecular weight is 413 g/mol. The van der Waals surface area contributed by atoms with Crippen molar-refractivity contribution in [3.8, 4) is 11.5 Å². The minimum atomic E-state index is -0.339. The van der Waals surface area contributed by atoms with Crippen molar-refractivity contribution in [2.24, 2.45) is 5.92 Å². The third-order valence-corrected chi connectivity index (χ3v) is 4.46. The van der Waals surface area contributed by atoms with Gasteiger partial charge in [0.25, 0.3) is 5.91 Å². The van der Waals surface area contributed by atoms with E-state index in [1.807, 2.05) is 44.2 Å². The summed E-state index contributed by atoms with van der Waals surface area (Å²) in [5.74, 6) is 0.958. The van der Waals surface area contributed by atoms with Crippen LogP contribution in [0.4, 0.5) is 0 Å². The van der Waals surface area contributed by atoms with Crippen molar-refractivity contribution in [1.29, 1.82) is 0 Å². The van der Waals surface area contributed by atoms with Crippen LogP contribution in [0, 0.1) is 5.92 Å². The van der Waals surface area contributed by atoms with Crippen LogP contribution >= 0.6 is 0 Å². The van der Waals surface area contributed by atoms with Crippen molar-refractivity contribution in [3.05, 3.63) is 59.7 Å². The highest BCUT2D eigenvalue weighted by molar-refractivity contribution is 5.97. The summed E-state index contributed by atoms with van der Waals surface area (Å²) in [4.78, 5) is 25.0. The Bertz CT molecular complexity index is 821. The lowest BCUT2D eigenvalue weighted by molar-refractivity contribution is -0.121. The molecule has 0 saturated carbocycles. The quantitative estimate of drug-likeness (QED) is 0.582. The van der Waals surface area contributed by atoms with Gasteiger partial charge >= 0.3 is 0 Å². The maximum Gasteiger partial charge on any atom is 0.251 e. The van der Waals surface area contributed by atoms with Crippen LogP contribution in [0.2, 0.25) is 0 Å². The highest BCUT2D eigenvalue weighted by atomic mass is 16.5. The van der Waals surface area contributed by atoms with Gasteiger partial charge in [0.15, 0.2) is 11.5 Å². The molecular formula is C24H32N2O4. The molecule has 0 heterocycles. The van der Waals surface area contributed by atoms with E-state index in [4.69, 9.17) is 9.47 Å². The number of rotatable bonds is 11. The lowest BCUT2D eigenvalue weighted by Gasteiger charge is -2.21. The number of ether oxygens (including phenoxy) is 2. The summed E-state index contributed by atoms with van der Waals surface area (Å²) in [6.45, 7) is 8.86. The van der Waals surface area contributed by atoms with Crippen LogP contribution in [0.5, 0.6) is 11.5 Å². The van der Waals surface area contributed by atoms with Crippen LogP contribution in [0.1, 0.15) is 56.1 Å². The Balaban J connectivity index is 1.99. The molecule has 2 aromatic rings. The van der Waals surface area contributed by atoms with Crippen molar-refractivity contribution in [3.63, 3.8) is 0 Å². The monoisotopic (exact) mass is 412 g/mol. The van der Waals surface area contributed by atoms with Crippen LogP contribution in [-0.4, -0.2) is 31.6 Å². The van der Waals surface area contributed by atoms with E-state index in [-0.39, 0.29) is 24.4 Å². The Morgan fingerprint density at radius 2 is 1.60 bits per heavy atom. The van der Waals surface area contributed by atoms with Gasteiger partial charge in [0.1, 0.15) is 0 Å². The zero-order chi connectivity index (χ0) is 21.9. The van der Waals surface area contributed by atoms with E-state index in [9.17, 15) is 9.59 Å². The Morgan fingerprint density at radius 1 is 0.933 bits per heavy atom. The molecule has 0 spiro atoms. The third kappa shape index (κ3) is 7.10. The largest absolute Gasteiger partial charge is 0.490 e. The summed E-state index contributed by atoms with van der Waals surface area (Å²) >= 11 is 0. The summed E-state index contributed by atoms with van der Waals surface area (Å²) in [6.07, 6.45) is 0.820. The van der Waals surface area contributed by atoms with Gasteiger partial charge in [-0.05, 0) is 49.9 Å². The van der Waals surface area contributed by atoms with Crippen LogP contribution in [0.25, 0.3) is 0 Å². The van der Waals surface area contributed by atoms with Crippen molar-refractivity contribution in [1.82, 2.24) is 10.6 Å². The van der Waals surface area contributed by atoms with E-state index in [0.29, 0.717) is 36.2 Å². The Labute approximate surface area is 179 Å². The Kier molecular flexibility index (Phi) is 9.19. The van der Waals surface area contributed by atoms with Gasteiger partial charge in [0, 0.05) is 5.56 Å². The topological polar surface area (TPSA) is 76.7 Å². The highest BCUT2D eigenvalue weighted by Crippen LogP contribution is 2.28. The first-order valence-electron chi connectivity index (χ1n) is 10.5. The first-order chi connectivity index (χ1) is 14.4. The van der Waals surface area contributed by atoms with Gasteiger partial charge in [-0.2, -0.15) is 0 Å². The normalized spacial score (nSPS) is 11.6. The van der Waals surface area contributed by atoms with E-state index in [1.165, 1.54) is 0 Å². The second-order valence-corrected chi connectivity index (χ2v) is 7.37. The molecule has 2 aromatic carbocycles. The second kappa shape index (κ2) is 11.9. The van der Waals surface area contributed by atoms with Gasteiger partial charge in [-0.15, -0.1) is 0 Å². The Hall–Kier alpha value is -3.02. The average Bonchev–Trinajstić information content (AvgIpc) is 2.73. The van der Waals surface area contributed by atoms with E-state index in [2.05, 4.69) is 24.5 Å². The molecule has 6 heteroatoms. The molecule has 6 nitrogen and oxygen atoms in total. The molecule has 0 fully saturated rings. The SMILES string of the molecule is CCOc1ccc(C(=O)NCC(=O)NC(CC(C)C)c2ccccc2)cc1OCC. The van der Waals surface area contributed by atoms with Crippen LogP contribution in [0.3, 0.4) is 0 Å². The lowest BCUT2D eigenvalue weighted by atomic mass is 9.97. The number of hydrogen-bond donors (Lipinski definition) is 2. The van der Waals surface area contributed by atoms with Crippen molar-refractivity contribution in [2.45, 2.75) is 40.2 Å². The van der Waals surface area contributed by atoms with E-state index in [1.54, 1.807) is 18.2 Å². The summed E-state index contributed by atoms with van der Waals surface area (Å²) in [6, 6.07) is 14.8. The van der Waals surface area contributed by atoms with Gasteiger partial charge in [-0.1, -0.05) is 44.2 Å². The zero-order valence-electron chi connectivity index (χ0n) is 18.2. The molecule has 0 aliphatic rings. The summed E-state index contributed by atoms with van der Waals surface area (Å²) < 4.78 is 11.1. The third-order valence-electron chi connectivity index (χ3n) is 4.46. The molecule has 0 aromatic heterocycles. The number of amides is 2. The fraction of sp³-hybridized carbons (Fsp3) is 0.417. The fourth-order valence-corrected chi connectivity index (χ4v) is 3.14. The van der Waals surface area contributed by atoms with E-state index in [0.717, 1.165) is 12.0 Å². The molecule has 0 bridgehead atoms. The summed E-state index contributed by atoms with van der Waals surface area (Å²) in [7, 11) is 0. The predicted octanol–water partition coefficient (Wildman–Crippen LogP) is 4.12. The molecule has 162 valence electrons. The molecule has 2 rings (SSSR count). The molecule has 1 unspecified atom stereocenters. The fourth-order valence-electron chi connectivity index (χ4n) is 3.14. The highest BCUT2D eigenvalue weighted by Gasteiger charge is 2.17. The van der Waals surface area contributed by atoms with Crippen molar-refractivity contribution < 1.29 is 19.1 Å². The Morgan fingerprint density at radius 3 is 2.23 bits per heavy atom. The molecule has 0 radical (unpaired) electrons. The first-order valence-corrected chi connectivity index (χ1v) is 10.5. The smallest absolute Gasteiger partial charge is 0.251 e. The number of nitrogens with one attached hydrogen (secondary N) is 2. The van der Waals surface area contributed by atoms with Gasteiger partial charge in [0.05, 0.1) is 25.8 Å². The van der Waals surface area contributed by atoms with Gasteiger partial charge in [-0.25, -0.2) is 0 Å². The van der Waals surface area contributed by atoms with Crippen LogP contribution < -0.4 is 20.1 Å². The van der Waals surface area contributed by atoms with Gasteiger partial charge < -0.3 is 20.1 Å². The minimum Gasteiger partial charge on any atom is -0.490 e. The van der Waals surface area contributed by atoms with Gasteiger partial charge in [-0.3, -0.25) is 9.59 Å². The molecule has 0 saturated heterocycles. The number of hydrogen-bond acceptors (Lipinski definition) is 4. The second-order valence-electron chi connectivity index (χ2n) is 7.37. The van der Waals surface area contributed by atoms with E-state index < -0.39 is 0 Å². The lowest BCUT2D eigenvalue weighted by Crippen LogP contribution is -2.39. The standard InChI is InChI=1S/C24H32N2O4/c1-5-29-21-13-12-19(15-22(21)30-6-2)24(28)25-16-23(27)26-20(14-17(3)4)18-10-8-7-9-11-18/h7-13,15,17,20H,5-6,14,16H2,1-4H3,(H,25,28)(H,26,27). The number of carbonyl (C=O) groups excluding carboxylic acids is 2. The predicted molar refractivity (Wildman–Crippen MR) is 118 cm³/mol. The summed E-state index contributed by atoms with van der Waals surface area (Å²) in [5, 5.41) is 5.71. The molecule has 0 aliphatic heterocycles. The summed E-state index contributed by atoms with van der Waals surface area (Å²) in [5.41, 5.74) is 1.47. The molecular weight excluding hydrogens is 380 g/mol. The number of carbonyl (C=O) groups is 2. The molecule has 30 heavy (non-hydrogen) atoms. The van der Waals surface area contributed by atoms with Crippen molar-refractivity contribution >= 4 is 11.8 Å². The molecule has 0 aliphatic carbocycles. The minimum absolute atomic E-state index is 0.0920. The van der Waals surface area contributed by atoms with Crippen LogP contribution in [0.15, 0.2) is 48.5 Å². The molecule has 2 amide bonds. The maximum absolute atomic E-state index is 12.5. The zero-order valence-corrected chi connectivity index (χ0v) is 18.2.